The number of aromatic nitrogens is 2. The Morgan fingerprint density at radius 2 is 1.83 bits per heavy atom. The summed E-state index contributed by atoms with van der Waals surface area (Å²) in [6.45, 7) is 1.54. The van der Waals surface area contributed by atoms with Crippen molar-refractivity contribution in [2.45, 2.75) is 44.6 Å². The molecule has 1 aliphatic heterocycles. The molecule has 6 nitrogen and oxygen atoms in total. The van der Waals surface area contributed by atoms with Crippen molar-refractivity contribution in [1.82, 2.24) is 19.6 Å². The largest absolute Gasteiger partial charge is 0.347 e. The number of amides is 2. The van der Waals surface area contributed by atoms with Gasteiger partial charge in [-0.25, -0.2) is 4.98 Å². The summed E-state index contributed by atoms with van der Waals surface area (Å²) in [5, 5.41) is 3.06. The minimum absolute atomic E-state index is 0.0730. The first kappa shape index (κ1) is 15.2. The summed E-state index contributed by atoms with van der Waals surface area (Å²) < 4.78 is 1.73. The van der Waals surface area contributed by atoms with E-state index < -0.39 is 0 Å². The minimum atomic E-state index is -0.191. The fourth-order valence-electron chi connectivity index (χ4n) is 3.75. The quantitative estimate of drug-likeness (QED) is 0.941. The zero-order chi connectivity index (χ0) is 16.5. The normalized spacial score (nSPS) is 18.4. The van der Waals surface area contributed by atoms with Crippen LogP contribution in [-0.2, 0) is 0 Å². The van der Waals surface area contributed by atoms with Crippen LogP contribution >= 0.6 is 0 Å². The number of nitrogens with zero attached hydrogens (tertiary/aromatic N) is 3. The molecule has 0 spiro atoms. The molecule has 0 radical (unpaired) electrons. The smallest absolute Gasteiger partial charge is 0.287 e. The topological polar surface area (TPSA) is 66.7 Å². The molecule has 1 saturated heterocycles. The van der Waals surface area contributed by atoms with Gasteiger partial charge in [-0.2, -0.15) is 0 Å². The number of hydrogen-bond acceptors (Lipinski definition) is 3. The van der Waals surface area contributed by atoms with Crippen molar-refractivity contribution in [3.05, 3.63) is 35.9 Å². The highest BCUT2D eigenvalue weighted by atomic mass is 16.2. The average molecular weight is 326 g/mol. The van der Waals surface area contributed by atoms with Crippen LogP contribution in [0.15, 0.2) is 24.4 Å². The number of imidazole rings is 1. The third-order valence-corrected chi connectivity index (χ3v) is 5.04. The van der Waals surface area contributed by atoms with Crippen molar-refractivity contribution < 1.29 is 9.59 Å². The first-order chi connectivity index (χ1) is 11.7. The highest BCUT2D eigenvalue weighted by Gasteiger charge is 2.27. The summed E-state index contributed by atoms with van der Waals surface area (Å²) in [6.07, 6.45) is 8.23. The van der Waals surface area contributed by atoms with Gasteiger partial charge < -0.3 is 10.2 Å². The van der Waals surface area contributed by atoms with Crippen molar-refractivity contribution in [3.8, 4) is 0 Å². The SMILES string of the molecule is O=C(NC1CCCC1)c1nc(C(=O)N2CCCC2)c2ccccn12. The lowest BCUT2D eigenvalue weighted by Crippen LogP contribution is -2.34. The van der Waals surface area contributed by atoms with Gasteiger partial charge in [0, 0.05) is 25.3 Å². The summed E-state index contributed by atoms with van der Waals surface area (Å²) >= 11 is 0. The number of likely N-dealkylation sites (tertiary alicyclic amines) is 1. The maximum atomic E-state index is 12.8. The number of carbonyl (C=O) groups excluding carboxylic acids is 2. The monoisotopic (exact) mass is 326 g/mol. The average Bonchev–Trinajstić information content (AvgIpc) is 3.34. The summed E-state index contributed by atoms with van der Waals surface area (Å²) in [4.78, 5) is 31.7. The molecule has 2 fully saturated rings. The highest BCUT2D eigenvalue weighted by molar-refractivity contribution is 6.02. The van der Waals surface area contributed by atoms with Gasteiger partial charge in [-0.1, -0.05) is 18.9 Å². The van der Waals surface area contributed by atoms with E-state index in [2.05, 4.69) is 10.3 Å². The van der Waals surface area contributed by atoms with E-state index in [9.17, 15) is 9.59 Å². The van der Waals surface area contributed by atoms with Crippen molar-refractivity contribution in [2.75, 3.05) is 13.1 Å². The molecule has 0 atom stereocenters. The second-order valence-electron chi connectivity index (χ2n) is 6.69. The Bertz CT molecular complexity index is 770. The van der Waals surface area contributed by atoms with E-state index >= 15 is 0 Å². The zero-order valence-corrected chi connectivity index (χ0v) is 13.7. The Labute approximate surface area is 140 Å². The minimum Gasteiger partial charge on any atom is -0.347 e. The number of pyridine rings is 1. The Hall–Kier alpha value is -2.37. The van der Waals surface area contributed by atoms with Crippen LogP contribution in [0.3, 0.4) is 0 Å². The van der Waals surface area contributed by atoms with Crippen molar-refractivity contribution in [1.29, 1.82) is 0 Å². The Morgan fingerprint density at radius 1 is 1.08 bits per heavy atom. The number of hydrogen-bond donors (Lipinski definition) is 1. The van der Waals surface area contributed by atoms with E-state index in [4.69, 9.17) is 0 Å². The first-order valence-corrected chi connectivity index (χ1v) is 8.81. The molecular weight excluding hydrogens is 304 g/mol. The van der Waals surface area contributed by atoms with Crippen molar-refractivity contribution in [3.63, 3.8) is 0 Å². The number of rotatable bonds is 3. The Morgan fingerprint density at radius 3 is 2.58 bits per heavy atom. The van der Waals surface area contributed by atoms with Crippen molar-refractivity contribution >= 4 is 17.3 Å². The summed E-state index contributed by atoms with van der Waals surface area (Å²) in [5.41, 5.74) is 1.08. The van der Waals surface area contributed by atoms with Crippen LogP contribution in [-0.4, -0.2) is 45.2 Å². The molecule has 2 aromatic rings. The Balaban J connectivity index is 1.68. The van der Waals surface area contributed by atoms with Gasteiger partial charge >= 0.3 is 0 Å². The molecule has 0 aromatic carbocycles. The first-order valence-electron chi connectivity index (χ1n) is 8.81. The maximum absolute atomic E-state index is 12.8. The van der Waals surface area contributed by atoms with Gasteiger partial charge in [-0.05, 0) is 37.8 Å². The lowest BCUT2D eigenvalue weighted by Gasteiger charge is -2.13. The molecule has 1 saturated carbocycles. The van der Waals surface area contributed by atoms with Gasteiger partial charge in [0.15, 0.2) is 5.69 Å². The molecule has 126 valence electrons. The van der Waals surface area contributed by atoms with Crippen LogP contribution in [0, 0.1) is 0 Å². The van der Waals surface area contributed by atoms with E-state index in [0.29, 0.717) is 17.0 Å². The predicted octanol–water partition coefficient (Wildman–Crippen LogP) is 2.24. The third kappa shape index (κ3) is 2.66. The lowest BCUT2D eigenvalue weighted by atomic mass is 10.2. The molecule has 3 heterocycles. The van der Waals surface area contributed by atoms with Gasteiger partial charge in [-0.3, -0.25) is 14.0 Å². The second kappa shape index (κ2) is 6.26. The molecule has 4 rings (SSSR count). The van der Waals surface area contributed by atoms with Gasteiger partial charge in [0.25, 0.3) is 11.8 Å². The second-order valence-corrected chi connectivity index (χ2v) is 6.69. The maximum Gasteiger partial charge on any atom is 0.287 e. The Kier molecular flexibility index (Phi) is 3.96. The molecule has 2 aromatic heterocycles. The fraction of sp³-hybridized carbons (Fsp3) is 0.500. The molecule has 2 amide bonds. The summed E-state index contributed by atoms with van der Waals surface area (Å²) in [6, 6.07) is 5.80. The number of nitrogens with one attached hydrogen (secondary N) is 1. The van der Waals surface area contributed by atoms with Crippen LogP contribution in [0.1, 0.15) is 59.6 Å². The molecule has 0 unspecified atom stereocenters. The fourth-order valence-corrected chi connectivity index (χ4v) is 3.75. The van der Waals surface area contributed by atoms with E-state index in [1.165, 1.54) is 0 Å². The summed E-state index contributed by atoms with van der Waals surface area (Å²) in [7, 11) is 0. The third-order valence-electron chi connectivity index (χ3n) is 5.04. The number of fused-ring (bicyclic) bond motifs is 1. The van der Waals surface area contributed by atoms with Crippen LogP contribution < -0.4 is 5.32 Å². The van der Waals surface area contributed by atoms with E-state index in [0.717, 1.165) is 51.6 Å². The van der Waals surface area contributed by atoms with Crippen molar-refractivity contribution in [2.24, 2.45) is 0 Å². The molecule has 1 aliphatic carbocycles. The van der Waals surface area contributed by atoms with Crippen LogP contribution in [0.2, 0.25) is 0 Å². The van der Waals surface area contributed by atoms with Gasteiger partial charge in [0.2, 0.25) is 5.82 Å². The van der Waals surface area contributed by atoms with Gasteiger partial charge in [-0.15, -0.1) is 0 Å². The molecule has 2 aliphatic rings. The summed E-state index contributed by atoms with van der Waals surface area (Å²) in [5.74, 6) is 0.0414. The molecule has 0 bridgehead atoms. The van der Waals surface area contributed by atoms with Crippen LogP contribution in [0.25, 0.3) is 5.52 Å². The van der Waals surface area contributed by atoms with E-state index in [-0.39, 0.29) is 17.9 Å². The zero-order valence-electron chi connectivity index (χ0n) is 13.7. The predicted molar refractivity (Wildman–Crippen MR) is 90.1 cm³/mol. The highest BCUT2D eigenvalue weighted by Crippen LogP contribution is 2.20. The van der Waals surface area contributed by atoms with Gasteiger partial charge in [0.05, 0.1) is 5.52 Å². The van der Waals surface area contributed by atoms with Crippen LogP contribution in [0.5, 0.6) is 0 Å². The standard InChI is InChI=1S/C18H22N4O2/c23-17(19-13-7-1-2-8-13)16-20-15(14-9-3-4-12-22(14)16)18(24)21-10-5-6-11-21/h3-4,9,12-13H,1-2,5-8,10-11H2,(H,19,23). The molecule has 24 heavy (non-hydrogen) atoms. The lowest BCUT2D eigenvalue weighted by molar-refractivity contribution is 0.0789. The van der Waals surface area contributed by atoms with E-state index in [1.807, 2.05) is 23.1 Å². The molecule has 1 N–H and O–H groups in total. The van der Waals surface area contributed by atoms with E-state index in [1.54, 1.807) is 10.6 Å². The molecular formula is C18H22N4O2. The van der Waals surface area contributed by atoms with Gasteiger partial charge in [0.1, 0.15) is 0 Å². The molecule has 6 heteroatoms. The number of carbonyl (C=O) groups is 2. The van der Waals surface area contributed by atoms with Crippen LogP contribution in [0.4, 0.5) is 0 Å².